The number of hydrogen-bond donors (Lipinski definition) is 0. The fraction of sp³-hybridized carbons (Fsp3) is 0. The van der Waals surface area contributed by atoms with Gasteiger partial charge in [0.2, 0.25) is 0 Å². The molecule has 0 unspecified atom stereocenters. The predicted molar refractivity (Wildman–Crippen MR) is 95.7 cm³/mol. The molecule has 0 aliphatic rings. The highest BCUT2D eigenvalue weighted by Gasteiger charge is 2.15. The summed E-state index contributed by atoms with van der Waals surface area (Å²) >= 11 is 5.96. The summed E-state index contributed by atoms with van der Waals surface area (Å²) in [7, 11) is 0. The fourth-order valence-corrected chi connectivity index (χ4v) is 3.03. The first-order valence-corrected chi connectivity index (χ1v) is 8.27. The van der Waals surface area contributed by atoms with Crippen LogP contribution in [0.1, 0.15) is 5.69 Å². The number of hydrogen-bond acceptors (Lipinski definition) is 4. The molecule has 0 aliphatic heterocycles. The number of nitrogens with zero attached hydrogens (tertiary/aromatic N) is 5. The lowest BCUT2D eigenvalue weighted by Gasteiger charge is -2.04. The molecular weight excluding hydrogens is 361 g/mol. The van der Waals surface area contributed by atoms with Crippen molar-refractivity contribution in [2.45, 2.75) is 0 Å². The van der Waals surface area contributed by atoms with Gasteiger partial charge in [0.05, 0.1) is 6.20 Å². The van der Waals surface area contributed by atoms with Gasteiger partial charge in [-0.25, -0.2) is 4.98 Å². The SMILES string of the molecule is N#Cc1cnc2ccc(-c3cn(SF)nc3-c3ccc(Cl)cc3)cn12. The maximum absolute atomic E-state index is 13.1. The molecule has 0 radical (unpaired) electrons. The second-order valence-corrected chi connectivity index (χ2v) is 6.22. The minimum atomic E-state index is 0.0172. The molecule has 8 heteroatoms. The van der Waals surface area contributed by atoms with E-state index in [2.05, 4.69) is 16.2 Å². The lowest BCUT2D eigenvalue weighted by atomic mass is 10.0. The third-order valence-corrected chi connectivity index (χ3v) is 4.39. The molecule has 0 spiro atoms. The number of nitriles is 1. The summed E-state index contributed by atoms with van der Waals surface area (Å²) in [4.78, 5) is 4.18. The van der Waals surface area contributed by atoms with Crippen LogP contribution in [-0.2, 0) is 0 Å². The van der Waals surface area contributed by atoms with Gasteiger partial charge < -0.3 is 0 Å². The molecule has 0 fully saturated rings. The molecule has 4 aromatic rings. The van der Waals surface area contributed by atoms with Crippen molar-refractivity contribution in [3.8, 4) is 28.5 Å². The zero-order chi connectivity index (χ0) is 17.4. The third kappa shape index (κ3) is 2.76. The summed E-state index contributed by atoms with van der Waals surface area (Å²) in [6, 6.07) is 13.0. The van der Waals surface area contributed by atoms with Crippen LogP contribution in [0.4, 0.5) is 3.89 Å². The van der Waals surface area contributed by atoms with Crippen LogP contribution in [0, 0.1) is 11.3 Å². The van der Waals surface area contributed by atoms with Crippen molar-refractivity contribution in [1.29, 1.82) is 5.26 Å². The molecule has 0 aliphatic carbocycles. The van der Waals surface area contributed by atoms with E-state index in [9.17, 15) is 9.15 Å². The van der Waals surface area contributed by atoms with Crippen LogP contribution in [0.25, 0.3) is 28.0 Å². The number of imidazole rings is 1. The van der Waals surface area contributed by atoms with E-state index < -0.39 is 0 Å². The van der Waals surface area contributed by atoms with Crippen LogP contribution in [-0.4, -0.2) is 18.6 Å². The van der Waals surface area contributed by atoms with Gasteiger partial charge >= 0.3 is 0 Å². The molecule has 3 heterocycles. The summed E-state index contributed by atoms with van der Waals surface area (Å²) in [6.07, 6.45) is 4.92. The molecule has 5 nitrogen and oxygen atoms in total. The van der Waals surface area contributed by atoms with Gasteiger partial charge in [0.25, 0.3) is 0 Å². The van der Waals surface area contributed by atoms with E-state index in [1.165, 1.54) is 6.20 Å². The normalized spacial score (nSPS) is 10.9. The second kappa shape index (κ2) is 6.24. The van der Waals surface area contributed by atoms with Crippen molar-refractivity contribution in [3.63, 3.8) is 0 Å². The second-order valence-electron chi connectivity index (χ2n) is 5.27. The van der Waals surface area contributed by atoms with E-state index in [-0.39, 0.29) is 12.3 Å². The summed E-state index contributed by atoms with van der Waals surface area (Å²) in [5.41, 5.74) is 4.08. The monoisotopic (exact) mass is 369 g/mol. The molecule has 0 N–H and O–H groups in total. The highest BCUT2D eigenvalue weighted by molar-refractivity contribution is 7.92. The van der Waals surface area contributed by atoms with Crippen LogP contribution >= 0.6 is 23.9 Å². The Labute approximate surface area is 151 Å². The average molecular weight is 370 g/mol. The zero-order valence-electron chi connectivity index (χ0n) is 12.6. The first-order valence-electron chi connectivity index (χ1n) is 7.22. The standard InChI is InChI=1S/C17H9ClFN5S/c18-13-4-1-11(2-5-13)17-15(10-24(22-17)25-19)12-3-6-16-21-8-14(7-20)23(16)9-12/h1-6,8-10H. The first-order chi connectivity index (χ1) is 12.2. The van der Waals surface area contributed by atoms with Gasteiger partial charge in [-0.1, -0.05) is 23.7 Å². The Kier molecular flexibility index (Phi) is 3.92. The van der Waals surface area contributed by atoms with Gasteiger partial charge in [0.1, 0.15) is 23.1 Å². The summed E-state index contributed by atoms with van der Waals surface area (Å²) in [6.45, 7) is 0. The molecule has 1 aromatic carbocycles. The number of aromatic nitrogens is 4. The highest BCUT2D eigenvalue weighted by Crippen LogP contribution is 2.33. The van der Waals surface area contributed by atoms with Crippen LogP contribution in [0.3, 0.4) is 0 Å². The number of rotatable bonds is 3. The highest BCUT2D eigenvalue weighted by atomic mass is 35.5. The molecule has 0 saturated heterocycles. The van der Waals surface area contributed by atoms with Gasteiger partial charge in [-0.15, -0.1) is 3.89 Å². The van der Waals surface area contributed by atoms with Crippen molar-refractivity contribution >= 4 is 29.6 Å². The summed E-state index contributed by atoms with van der Waals surface area (Å²) in [5.74, 6) is 0. The van der Waals surface area contributed by atoms with Crippen molar-refractivity contribution in [2.24, 2.45) is 0 Å². The Balaban J connectivity index is 1.91. The van der Waals surface area contributed by atoms with Crippen LogP contribution in [0.5, 0.6) is 0 Å². The lowest BCUT2D eigenvalue weighted by Crippen LogP contribution is -1.90. The van der Waals surface area contributed by atoms with Gasteiger partial charge in [-0.3, -0.25) is 4.40 Å². The Morgan fingerprint density at radius 1 is 1.08 bits per heavy atom. The average Bonchev–Trinajstić information content (AvgIpc) is 3.25. The minimum Gasteiger partial charge on any atom is -0.291 e. The van der Waals surface area contributed by atoms with Crippen LogP contribution < -0.4 is 0 Å². The number of fused-ring (bicyclic) bond motifs is 1. The van der Waals surface area contributed by atoms with E-state index in [0.29, 0.717) is 22.1 Å². The fourth-order valence-electron chi connectivity index (χ4n) is 2.64. The predicted octanol–water partition coefficient (Wildman–Crippen LogP) is 4.77. The Bertz CT molecular complexity index is 1110. The molecule has 0 bridgehead atoms. The van der Waals surface area contributed by atoms with Crippen molar-refractivity contribution in [2.75, 3.05) is 0 Å². The van der Waals surface area contributed by atoms with Gasteiger partial charge in [-0.2, -0.15) is 14.4 Å². The van der Waals surface area contributed by atoms with E-state index >= 15 is 0 Å². The number of halogens is 2. The molecular formula is C17H9ClFN5S. The summed E-state index contributed by atoms with van der Waals surface area (Å²) < 4.78 is 15.9. The largest absolute Gasteiger partial charge is 0.291 e. The zero-order valence-corrected chi connectivity index (χ0v) is 14.2. The van der Waals surface area contributed by atoms with E-state index in [1.807, 2.05) is 24.3 Å². The van der Waals surface area contributed by atoms with Gasteiger partial charge in [0, 0.05) is 34.1 Å². The molecule has 3 aromatic heterocycles. The molecule has 0 saturated carbocycles. The van der Waals surface area contributed by atoms with Crippen molar-refractivity contribution in [3.05, 3.63) is 65.7 Å². The topological polar surface area (TPSA) is 58.9 Å². The van der Waals surface area contributed by atoms with Gasteiger partial charge in [-0.05, 0) is 24.3 Å². The minimum absolute atomic E-state index is 0.0172. The van der Waals surface area contributed by atoms with E-state index in [1.54, 1.807) is 28.9 Å². The van der Waals surface area contributed by atoms with E-state index in [4.69, 9.17) is 11.6 Å². The number of pyridine rings is 1. The van der Waals surface area contributed by atoms with Crippen molar-refractivity contribution in [1.82, 2.24) is 18.6 Å². The maximum Gasteiger partial charge on any atom is 0.187 e. The lowest BCUT2D eigenvalue weighted by molar-refractivity contribution is 0.879. The number of benzene rings is 1. The smallest absolute Gasteiger partial charge is 0.187 e. The summed E-state index contributed by atoms with van der Waals surface area (Å²) in [5, 5.41) is 14.1. The maximum atomic E-state index is 13.1. The molecule has 122 valence electrons. The molecule has 25 heavy (non-hydrogen) atoms. The first kappa shape index (κ1) is 15.7. The Morgan fingerprint density at radius 3 is 2.56 bits per heavy atom. The van der Waals surface area contributed by atoms with E-state index in [0.717, 1.165) is 20.8 Å². The molecule has 0 amide bonds. The molecule has 0 atom stereocenters. The van der Waals surface area contributed by atoms with Gasteiger partial charge in [0.15, 0.2) is 12.3 Å². The Hall–Kier alpha value is -2.82. The molecule has 4 rings (SSSR count). The van der Waals surface area contributed by atoms with Crippen molar-refractivity contribution < 1.29 is 3.89 Å². The quantitative estimate of drug-likeness (QED) is 0.522. The van der Waals surface area contributed by atoms with Crippen LogP contribution in [0.15, 0.2) is 55.0 Å². The van der Waals surface area contributed by atoms with Crippen LogP contribution in [0.2, 0.25) is 5.02 Å². The Morgan fingerprint density at radius 2 is 1.84 bits per heavy atom. The third-order valence-electron chi connectivity index (χ3n) is 3.81.